The van der Waals surface area contributed by atoms with E-state index in [1.54, 1.807) is 44.6 Å². The highest BCUT2D eigenvalue weighted by molar-refractivity contribution is 7.10. The van der Waals surface area contributed by atoms with E-state index in [2.05, 4.69) is 10.6 Å². The van der Waals surface area contributed by atoms with Crippen molar-refractivity contribution in [1.29, 1.82) is 0 Å². The molecule has 2 heterocycles. The monoisotopic (exact) mass is 402 g/mol. The smallest absolute Gasteiger partial charge is 0.315 e. The second-order valence-electron chi connectivity index (χ2n) is 6.04. The van der Waals surface area contributed by atoms with E-state index >= 15 is 0 Å². The number of amides is 2. The van der Waals surface area contributed by atoms with Gasteiger partial charge in [-0.2, -0.15) is 0 Å². The van der Waals surface area contributed by atoms with Crippen LogP contribution in [0.1, 0.15) is 16.2 Å². The highest BCUT2D eigenvalue weighted by Gasteiger charge is 2.36. The summed E-state index contributed by atoms with van der Waals surface area (Å²) in [5.41, 5.74) is -0.578. The van der Waals surface area contributed by atoms with Crippen LogP contribution in [-0.2, 0) is 12.1 Å². The Labute approximate surface area is 166 Å². The Kier molecular flexibility index (Phi) is 6.23. The fourth-order valence-electron chi connectivity index (χ4n) is 2.77. The van der Waals surface area contributed by atoms with Crippen LogP contribution in [0.15, 0.2) is 58.5 Å². The molecule has 2 amide bonds. The third kappa shape index (κ3) is 4.29. The molecule has 0 spiro atoms. The van der Waals surface area contributed by atoms with Gasteiger partial charge >= 0.3 is 6.03 Å². The predicted octanol–water partition coefficient (Wildman–Crippen LogP) is 3.09. The number of ether oxygens (including phenoxy) is 2. The summed E-state index contributed by atoms with van der Waals surface area (Å²) in [5, 5.41) is 18.5. The van der Waals surface area contributed by atoms with Crippen molar-refractivity contribution in [1.82, 2.24) is 10.6 Å². The highest BCUT2D eigenvalue weighted by atomic mass is 32.1. The van der Waals surface area contributed by atoms with Crippen molar-refractivity contribution in [2.24, 2.45) is 0 Å². The first-order valence-electron chi connectivity index (χ1n) is 8.60. The highest BCUT2D eigenvalue weighted by Crippen LogP contribution is 2.32. The fourth-order valence-corrected chi connectivity index (χ4v) is 3.60. The van der Waals surface area contributed by atoms with Gasteiger partial charge in [0.2, 0.25) is 0 Å². The molecule has 3 rings (SSSR count). The summed E-state index contributed by atoms with van der Waals surface area (Å²) in [6.07, 6.45) is 1.49. The zero-order valence-electron chi connectivity index (χ0n) is 15.6. The van der Waals surface area contributed by atoms with Crippen molar-refractivity contribution < 1.29 is 23.8 Å². The molecule has 1 aromatic carbocycles. The molecule has 2 aromatic heterocycles. The molecule has 0 aliphatic heterocycles. The van der Waals surface area contributed by atoms with Crippen LogP contribution >= 0.6 is 11.3 Å². The summed E-state index contributed by atoms with van der Waals surface area (Å²) in [6.45, 7) is 0.267. The minimum atomic E-state index is -1.43. The van der Waals surface area contributed by atoms with E-state index in [0.29, 0.717) is 28.7 Å². The Morgan fingerprint density at radius 3 is 2.61 bits per heavy atom. The Morgan fingerprint density at radius 2 is 1.96 bits per heavy atom. The molecule has 28 heavy (non-hydrogen) atoms. The maximum Gasteiger partial charge on any atom is 0.315 e. The molecular weight excluding hydrogens is 380 g/mol. The number of hydrogen-bond donors (Lipinski definition) is 3. The van der Waals surface area contributed by atoms with Gasteiger partial charge in [0, 0.05) is 11.4 Å². The van der Waals surface area contributed by atoms with Crippen molar-refractivity contribution >= 4 is 17.4 Å². The summed E-state index contributed by atoms with van der Waals surface area (Å²) < 4.78 is 15.9. The summed E-state index contributed by atoms with van der Waals surface area (Å²) in [6, 6.07) is 12.0. The maximum absolute atomic E-state index is 12.3. The minimum Gasteiger partial charge on any atom is -0.493 e. The number of urea groups is 1. The van der Waals surface area contributed by atoms with Crippen LogP contribution in [0, 0.1) is 0 Å². The average molecular weight is 402 g/mol. The number of furan rings is 1. The molecule has 0 unspecified atom stereocenters. The number of nitrogens with one attached hydrogen (secondary N) is 2. The lowest BCUT2D eigenvalue weighted by atomic mass is 9.99. The molecule has 0 bridgehead atoms. The topological polar surface area (TPSA) is 93.0 Å². The molecule has 0 aliphatic rings. The summed E-state index contributed by atoms with van der Waals surface area (Å²) in [5.74, 6) is 1.58. The van der Waals surface area contributed by atoms with Gasteiger partial charge in [0.15, 0.2) is 17.1 Å². The molecule has 0 aliphatic carbocycles. The van der Waals surface area contributed by atoms with Crippen LogP contribution < -0.4 is 20.1 Å². The molecule has 0 fully saturated rings. The van der Waals surface area contributed by atoms with Crippen LogP contribution in [0.5, 0.6) is 11.5 Å². The SMILES string of the molecule is COc1ccc(CNC(=O)NC[C@](O)(c2ccco2)c2cccs2)cc1OC. The molecule has 0 radical (unpaired) electrons. The molecule has 3 N–H and O–H groups in total. The molecule has 1 atom stereocenters. The molecule has 8 heteroatoms. The van der Waals surface area contributed by atoms with Crippen LogP contribution in [0.4, 0.5) is 4.79 Å². The number of aliphatic hydroxyl groups is 1. The van der Waals surface area contributed by atoms with Gasteiger partial charge in [-0.15, -0.1) is 11.3 Å². The molecule has 0 saturated heterocycles. The van der Waals surface area contributed by atoms with Gasteiger partial charge in [-0.05, 0) is 41.3 Å². The van der Waals surface area contributed by atoms with Crippen LogP contribution in [0.3, 0.4) is 0 Å². The van der Waals surface area contributed by atoms with Gasteiger partial charge in [0.05, 0.1) is 27.0 Å². The van der Waals surface area contributed by atoms with Crippen molar-refractivity contribution in [2.75, 3.05) is 20.8 Å². The van der Waals surface area contributed by atoms with E-state index in [-0.39, 0.29) is 6.54 Å². The van der Waals surface area contributed by atoms with Gasteiger partial charge in [-0.25, -0.2) is 4.79 Å². The first-order chi connectivity index (χ1) is 13.6. The van der Waals surface area contributed by atoms with Crippen LogP contribution in [0.2, 0.25) is 0 Å². The number of hydrogen-bond acceptors (Lipinski definition) is 6. The second kappa shape index (κ2) is 8.81. The van der Waals surface area contributed by atoms with Crippen LogP contribution in [-0.4, -0.2) is 31.9 Å². The van der Waals surface area contributed by atoms with Gasteiger partial charge in [0.1, 0.15) is 5.76 Å². The fraction of sp³-hybridized carbons (Fsp3) is 0.250. The standard InChI is InChI=1S/C20H22N2O5S/c1-25-15-8-7-14(11-16(15)26-2)12-21-19(23)22-13-20(24,17-5-3-9-27-17)18-6-4-10-28-18/h3-11,24H,12-13H2,1-2H3,(H2,21,22,23)/t20-/m0/s1. The normalized spacial score (nSPS) is 12.8. The third-order valence-electron chi connectivity index (χ3n) is 4.26. The molecule has 0 saturated carbocycles. The summed E-state index contributed by atoms with van der Waals surface area (Å²) in [4.78, 5) is 12.9. The van der Waals surface area contributed by atoms with Crippen molar-refractivity contribution in [2.45, 2.75) is 12.1 Å². The Balaban J connectivity index is 1.61. The lowest BCUT2D eigenvalue weighted by Crippen LogP contribution is -2.44. The Bertz CT molecular complexity index is 859. The lowest BCUT2D eigenvalue weighted by Gasteiger charge is -2.25. The van der Waals surface area contributed by atoms with Gasteiger partial charge < -0.3 is 29.6 Å². The van der Waals surface area contributed by atoms with E-state index in [1.165, 1.54) is 17.6 Å². The molecule has 7 nitrogen and oxygen atoms in total. The van der Waals surface area contributed by atoms with Crippen molar-refractivity contribution in [3.8, 4) is 11.5 Å². The Hall–Kier alpha value is -2.97. The van der Waals surface area contributed by atoms with Gasteiger partial charge in [-0.3, -0.25) is 0 Å². The zero-order chi connectivity index (χ0) is 20.0. The number of thiophene rings is 1. The van der Waals surface area contributed by atoms with Gasteiger partial charge in [0.25, 0.3) is 0 Å². The Morgan fingerprint density at radius 1 is 1.14 bits per heavy atom. The third-order valence-corrected chi connectivity index (χ3v) is 5.28. The minimum absolute atomic E-state index is 0.0290. The number of carbonyl (C=O) groups excluding carboxylic acids is 1. The first kappa shape index (κ1) is 19.8. The summed E-state index contributed by atoms with van der Waals surface area (Å²) >= 11 is 1.39. The van der Waals surface area contributed by atoms with E-state index < -0.39 is 11.6 Å². The van der Waals surface area contributed by atoms with E-state index in [1.807, 2.05) is 17.5 Å². The lowest BCUT2D eigenvalue weighted by molar-refractivity contribution is 0.0623. The van der Waals surface area contributed by atoms with Crippen molar-refractivity contribution in [3.63, 3.8) is 0 Å². The van der Waals surface area contributed by atoms with E-state index in [0.717, 1.165) is 5.56 Å². The van der Waals surface area contributed by atoms with Gasteiger partial charge in [-0.1, -0.05) is 12.1 Å². The quantitative estimate of drug-likeness (QED) is 0.538. The predicted molar refractivity (Wildman–Crippen MR) is 106 cm³/mol. The number of rotatable bonds is 8. The van der Waals surface area contributed by atoms with Crippen LogP contribution in [0.25, 0.3) is 0 Å². The summed E-state index contributed by atoms with van der Waals surface area (Å²) in [7, 11) is 3.12. The molecule has 3 aromatic rings. The average Bonchev–Trinajstić information content (AvgIpc) is 3.44. The number of benzene rings is 1. The van der Waals surface area contributed by atoms with E-state index in [9.17, 15) is 9.90 Å². The largest absolute Gasteiger partial charge is 0.493 e. The second-order valence-corrected chi connectivity index (χ2v) is 6.99. The maximum atomic E-state index is 12.3. The molecular formula is C20H22N2O5S. The zero-order valence-corrected chi connectivity index (χ0v) is 16.4. The number of carbonyl (C=O) groups is 1. The molecule has 148 valence electrons. The van der Waals surface area contributed by atoms with E-state index in [4.69, 9.17) is 13.9 Å². The van der Waals surface area contributed by atoms with Crippen molar-refractivity contribution in [3.05, 3.63) is 70.3 Å². The number of methoxy groups -OCH3 is 2. The first-order valence-corrected chi connectivity index (χ1v) is 9.47.